The van der Waals surface area contributed by atoms with E-state index in [9.17, 15) is 13.6 Å². The van der Waals surface area contributed by atoms with Gasteiger partial charge in [0.1, 0.15) is 11.5 Å². The molecule has 1 aromatic carbocycles. The minimum Gasteiger partial charge on any atom is -0.361 e. The Balaban J connectivity index is 1.95. The summed E-state index contributed by atoms with van der Waals surface area (Å²) < 4.78 is 31.4. The first kappa shape index (κ1) is 16.8. The number of amides is 1. The molecule has 3 rings (SSSR count). The first-order valence-corrected chi connectivity index (χ1v) is 7.54. The van der Waals surface area contributed by atoms with Crippen molar-refractivity contribution in [1.29, 1.82) is 0 Å². The molecule has 128 valence electrons. The van der Waals surface area contributed by atoms with E-state index in [0.29, 0.717) is 22.7 Å². The zero-order valence-electron chi connectivity index (χ0n) is 13.9. The second kappa shape index (κ2) is 6.43. The van der Waals surface area contributed by atoms with Gasteiger partial charge in [0.15, 0.2) is 11.6 Å². The lowest BCUT2D eigenvalue weighted by Crippen LogP contribution is -2.16. The van der Waals surface area contributed by atoms with Crippen molar-refractivity contribution in [3.8, 4) is 11.3 Å². The SMILES string of the molecule is Cc1ccc(-c2c(C)noc2C)nc1C(=O)Nc1ccc(F)c(F)c1. The van der Waals surface area contributed by atoms with Gasteiger partial charge in [-0.05, 0) is 44.5 Å². The quantitative estimate of drug-likeness (QED) is 0.774. The number of hydrogen-bond donors (Lipinski definition) is 1. The molecule has 0 aliphatic carbocycles. The van der Waals surface area contributed by atoms with Crippen LogP contribution in [0, 0.1) is 32.4 Å². The zero-order chi connectivity index (χ0) is 18.1. The van der Waals surface area contributed by atoms with E-state index in [4.69, 9.17) is 4.52 Å². The summed E-state index contributed by atoms with van der Waals surface area (Å²) in [6.45, 7) is 5.29. The molecular formula is C18H15F2N3O2. The van der Waals surface area contributed by atoms with E-state index >= 15 is 0 Å². The fraction of sp³-hybridized carbons (Fsp3) is 0.167. The molecule has 0 aliphatic heterocycles. The van der Waals surface area contributed by atoms with Crippen molar-refractivity contribution in [2.24, 2.45) is 0 Å². The van der Waals surface area contributed by atoms with Gasteiger partial charge < -0.3 is 9.84 Å². The molecule has 0 radical (unpaired) electrons. The van der Waals surface area contributed by atoms with Gasteiger partial charge in [-0.15, -0.1) is 0 Å². The Morgan fingerprint density at radius 1 is 1.08 bits per heavy atom. The van der Waals surface area contributed by atoms with Gasteiger partial charge in [-0.2, -0.15) is 0 Å². The molecule has 25 heavy (non-hydrogen) atoms. The average Bonchev–Trinajstić information content (AvgIpc) is 2.90. The maximum Gasteiger partial charge on any atom is 0.274 e. The fourth-order valence-corrected chi connectivity index (χ4v) is 2.51. The summed E-state index contributed by atoms with van der Waals surface area (Å²) in [5.41, 5.74) is 2.92. The van der Waals surface area contributed by atoms with E-state index in [1.165, 1.54) is 6.07 Å². The minimum absolute atomic E-state index is 0.146. The van der Waals surface area contributed by atoms with Gasteiger partial charge in [-0.3, -0.25) is 4.79 Å². The summed E-state index contributed by atoms with van der Waals surface area (Å²) in [4.78, 5) is 16.9. The van der Waals surface area contributed by atoms with Crippen LogP contribution in [0.25, 0.3) is 11.3 Å². The highest BCUT2D eigenvalue weighted by Crippen LogP contribution is 2.26. The molecular weight excluding hydrogens is 328 g/mol. The van der Waals surface area contributed by atoms with Crippen LogP contribution in [0.4, 0.5) is 14.5 Å². The number of anilines is 1. The van der Waals surface area contributed by atoms with Gasteiger partial charge in [0, 0.05) is 11.8 Å². The first-order valence-electron chi connectivity index (χ1n) is 7.54. The molecule has 3 aromatic rings. The average molecular weight is 343 g/mol. The first-order chi connectivity index (χ1) is 11.9. The third kappa shape index (κ3) is 3.26. The normalized spacial score (nSPS) is 10.8. The predicted octanol–water partition coefficient (Wildman–Crippen LogP) is 4.19. The Morgan fingerprint density at radius 3 is 2.48 bits per heavy atom. The van der Waals surface area contributed by atoms with Gasteiger partial charge in [-0.25, -0.2) is 13.8 Å². The Kier molecular flexibility index (Phi) is 4.31. The number of nitrogens with one attached hydrogen (secondary N) is 1. The van der Waals surface area contributed by atoms with Crippen molar-refractivity contribution in [1.82, 2.24) is 10.1 Å². The maximum absolute atomic E-state index is 13.3. The Bertz CT molecular complexity index is 947. The van der Waals surface area contributed by atoms with Crippen molar-refractivity contribution in [2.45, 2.75) is 20.8 Å². The summed E-state index contributed by atoms with van der Waals surface area (Å²) in [7, 11) is 0. The van der Waals surface area contributed by atoms with E-state index in [0.717, 1.165) is 17.7 Å². The topological polar surface area (TPSA) is 68.0 Å². The minimum atomic E-state index is -1.04. The number of carbonyl (C=O) groups excluding carboxylic acids is 1. The van der Waals surface area contributed by atoms with Crippen molar-refractivity contribution >= 4 is 11.6 Å². The highest BCUT2D eigenvalue weighted by atomic mass is 19.2. The third-order valence-corrected chi connectivity index (χ3v) is 3.78. The number of rotatable bonds is 3. The number of pyridine rings is 1. The molecule has 0 fully saturated rings. The highest BCUT2D eigenvalue weighted by Gasteiger charge is 2.17. The summed E-state index contributed by atoms with van der Waals surface area (Å²) >= 11 is 0. The lowest BCUT2D eigenvalue weighted by molar-refractivity contribution is 0.102. The second-order valence-electron chi connectivity index (χ2n) is 5.64. The third-order valence-electron chi connectivity index (χ3n) is 3.78. The van der Waals surface area contributed by atoms with Gasteiger partial charge >= 0.3 is 0 Å². The number of halogens is 2. The van der Waals surface area contributed by atoms with E-state index in [2.05, 4.69) is 15.5 Å². The lowest BCUT2D eigenvalue weighted by atomic mass is 10.1. The van der Waals surface area contributed by atoms with Crippen LogP contribution in [0.5, 0.6) is 0 Å². The Hall–Kier alpha value is -3.09. The molecule has 0 saturated heterocycles. The van der Waals surface area contributed by atoms with Crippen LogP contribution in [0.15, 0.2) is 34.9 Å². The van der Waals surface area contributed by atoms with Crippen LogP contribution in [-0.4, -0.2) is 16.0 Å². The predicted molar refractivity (Wildman–Crippen MR) is 88.3 cm³/mol. The molecule has 2 heterocycles. The number of carbonyl (C=O) groups is 1. The van der Waals surface area contributed by atoms with Gasteiger partial charge in [-0.1, -0.05) is 11.2 Å². The number of hydrogen-bond acceptors (Lipinski definition) is 4. The Labute approximate surface area is 142 Å². The van der Waals surface area contributed by atoms with E-state index in [-0.39, 0.29) is 11.4 Å². The van der Waals surface area contributed by atoms with Crippen LogP contribution in [0.2, 0.25) is 0 Å². The molecule has 0 atom stereocenters. The summed E-state index contributed by atoms with van der Waals surface area (Å²) in [5.74, 6) is -1.93. The number of aryl methyl sites for hydroxylation is 3. The summed E-state index contributed by atoms with van der Waals surface area (Å²) in [5, 5.41) is 6.40. The molecule has 0 bridgehead atoms. The van der Waals surface area contributed by atoms with Gasteiger partial charge in [0.25, 0.3) is 5.91 Å². The monoisotopic (exact) mass is 343 g/mol. The molecule has 1 N–H and O–H groups in total. The van der Waals surface area contributed by atoms with Crippen LogP contribution >= 0.6 is 0 Å². The largest absolute Gasteiger partial charge is 0.361 e. The van der Waals surface area contributed by atoms with Crippen LogP contribution in [-0.2, 0) is 0 Å². The molecule has 5 nitrogen and oxygen atoms in total. The Morgan fingerprint density at radius 2 is 1.84 bits per heavy atom. The molecule has 1 amide bonds. The van der Waals surface area contributed by atoms with Crippen LogP contribution in [0.3, 0.4) is 0 Å². The number of nitrogens with zero attached hydrogens (tertiary/aromatic N) is 2. The van der Waals surface area contributed by atoms with Crippen molar-refractivity contribution in [2.75, 3.05) is 5.32 Å². The second-order valence-corrected chi connectivity index (χ2v) is 5.64. The summed E-state index contributed by atoms with van der Waals surface area (Å²) in [6.07, 6.45) is 0. The zero-order valence-corrected chi connectivity index (χ0v) is 13.9. The van der Waals surface area contributed by atoms with Crippen molar-refractivity contribution in [3.05, 3.63) is 64.7 Å². The number of aromatic nitrogens is 2. The molecule has 0 spiro atoms. The summed E-state index contributed by atoms with van der Waals surface area (Å²) in [6, 6.07) is 6.68. The molecule has 0 saturated carbocycles. The fourth-order valence-electron chi connectivity index (χ4n) is 2.51. The van der Waals surface area contributed by atoms with Gasteiger partial charge in [0.05, 0.1) is 17.0 Å². The molecule has 7 heteroatoms. The van der Waals surface area contributed by atoms with Gasteiger partial charge in [0.2, 0.25) is 0 Å². The maximum atomic E-state index is 13.3. The lowest BCUT2D eigenvalue weighted by Gasteiger charge is -2.09. The van der Waals surface area contributed by atoms with Crippen LogP contribution < -0.4 is 5.32 Å². The highest BCUT2D eigenvalue weighted by molar-refractivity contribution is 6.04. The standard InChI is InChI=1S/C18H15F2N3O2/c1-9-4-7-15(16-10(2)23-25-11(16)3)22-17(9)18(24)21-12-5-6-13(19)14(20)8-12/h4-8H,1-3H3,(H,21,24). The van der Waals surface area contributed by atoms with E-state index < -0.39 is 17.5 Å². The number of benzene rings is 1. The van der Waals surface area contributed by atoms with Crippen molar-refractivity contribution < 1.29 is 18.1 Å². The molecule has 0 unspecified atom stereocenters. The van der Waals surface area contributed by atoms with Crippen LogP contribution in [0.1, 0.15) is 27.5 Å². The van der Waals surface area contributed by atoms with E-state index in [1.807, 2.05) is 0 Å². The van der Waals surface area contributed by atoms with E-state index in [1.54, 1.807) is 32.9 Å². The van der Waals surface area contributed by atoms with Crippen molar-refractivity contribution in [3.63, 3.8) is 0 Å². The smallest absolute Gasteiger partial charge is 0.274 e. The molecule has 0 aliphatic rings. The molecule has 2 aromatic heterocycles.